The van der Waals surface area contributed by atoms with Gasteiger partial charge in [0.15, 0.2) is 0 Å². The van der Waals surface area contributed by atoms with Gasteiger partial charge in [0.05, 0.1) is 25.3 Å². The summed E-state index contributed by atoms with van der Waals surface area (Å²) in [6.07, 6.45) is 0.356. The van der Waals surface area contributed by atoms with E-state index in [2.05, 4.69) is 10.2 Å². The Morgan fingerprint density at radius 3 is 2.79 bits per heavy atom. The van der Waals surface area contributed by atoms with Crippen LogP contribution in [0.1, 0.15) is 6.42 Å². The Kier molecular flexibility index (Phi) is 5.56. The molecule has 0 spiro atoms. The maximum absolute atomic E-state index is 11.9. The molecule has 0 radical (unpaired) electrons. The molecular weight excluding hydrogens is 304 g/mol. The van der Waals surface area contributed by atoms with E-state index in [1.807, 2.05) is 54.6 Å². The van der Waals surface area contributed by atoms with Crippen LogP contribution in [0.3, 0.4) is 0 Å². The molecule has 5 nitrogen and oxygen atoms in total. The number of anilines is 1. The number of hydrogen-bond acceptors (Lipinski definition) is 4. The molecular formula is C19H22N2O3. The van der Waals surface area contributed by atoms with Crippen LogP contribution in [0.15, 0.2) is 54.6 Å². The number of para-hydroxylation sites is 3. The van der Waals surface area contributed by atoms with E-state index in [9.17, 15) is 4.79 Å². The third-order valence-corrected chi connectivity index (χ3v) is 3.87. The number of nitrogens with one attached hydrogen (secondary N) is 1. The van der Waals surface area contributed by atoms with Crippen LogP contribution in [0.2, 0.25) is 0 Å². The first kappa shape index (κ1) is 16.2. The van der Waals surface area contributed by atoms with Crippen molar-refractivity contribution >= 4 is 11.6 Å². The number of hydrogen-bond donors (Lipinski definition) is 1. The Morgan fingerprint density at radius 1 is 1.12 bits per heavy atom. The lowest BCUT2D eigenvalue weighted by atomic mass is 10.2. The van der Waals surface area contributed by atoms with Gasteiger partial charge in [0.1, 0.15) is 18.1 Å². The van der Waals surface area contributed by atoms with Crippen LogP contribution in [0.4, 0.5) is 5.69 Å². The van der Waals surface area contributed by atoms with Gasteiger partial charge in [0.2, 0.25) is 5.91 Å². The fourth-order valence-electron chi connectivity index (χ4n) is 2.66. The first-order chi connectivity index (χ1) is 11.8. The van der Waals surface area contributed by atoms with Gasteiger partial charge in [-0.15, -0.1) is 0 Å². The highest BCUT2D eigenvalue weighted by molar-refractivity contribution is 5.76. The zero-order chi connectivity index (χ0) is 16.6. The van der Waals surface area contributed by atoms with Gasteiger partial charge < -0.3 is 19.7 Å². The molecule has 0 aromatic heterocycles. The molecule has 1 aliphatic heterocycles. The van der Waals surface area contributed by atoms with E-state index in [0.29, 0.717) is 26.2 Å². The number of benzene rings is 2. The molecule has 1 amide bonds. The van der Waals surface area contributed by atoms with E-state index in [-0.39, 0.29) is 5.91 Å². The quantitative estimate of drug-likeness (QED) is 0.849. The van der Waals surface area contributed by atoms with Crippen molar-refractivity contribution < 1.29 is 14.3 Å². The van der Waals surface area contributed by atoms with Crippen molar-refractivity contribution in [2.75, 3.05) is 37.7 Å². The Hall–Kier alpha value is -2.69. The number of fused-ring (bicyclic) bond motifs is 1. The summed E-state index contributed by atoms with van der Waals surface area (Å²) in [6.45, 7) is 3.28. The maximum Gasteiger partial charge on any atom is 0.223 e. The summed E-state index contributed by atoms with van der Waals surface area (Å²) < 4.78 is 11.2. The second-order valence-electron chi connectivity index (χ2n) is 5.56. The van der Waals surface area contributed by atoms with Crippen molar-refractivity contribution in [1.29, 1.82) is 0 Å². The minimum absolute atomic E-state index is 0.00692. The lowest BCUT2D eigenvalue weighted by Gasteiger charge is -2.31. The second-order valence-corrected chi connectivity index (χ2v) is 5.56. The average molecular weight is 326 g/mol. The lowest BCUT2D eigenvalue weighted by Crippen LogP contribution is -2.39. The topological polar surface area (TPSA) is 50.8 Å². The summed E-state index contributed by atoms with van der Waals surface area (Å²) >= 11 is 0. The predicted octanol–water partition coefficient (Wildman–Crippen LogP) is 2.47. The Bertz CT molecular complexity index is 661. The van der Waals surface area contributed by atoms with E-state index in [4.69, 9.17) is 9.47 Å². The van der Waals surface area contributed by atoms with Crippen LogP contribution in [-0.4, -0.2) is 38.8 Å². The van der Waals surface area contributed by atoms with Crippen molar-refractivity contribution in [3.8, 4) is 11.5 Å². The van der Waals surface area contributed by atoms with Crippen LogP contribution in [0, 0.1) is 0 Å². The largest absolute Gasteiger partial charge is 0.493 e. The van der Waals surface area contributed by atoms with Gasteiger partial charge in [-0.05, 0) is 24.3 Å². The van der Waals surface area contributed by atoms with E-state index in [1.165, 1.54) is 0 Å². The van der Waals surface area contributed by atoms with E-state index in [0.717, 1.165) is 30.3 Å². The Labute approximate surface area is 142 Å². The molecule has 2 aromatic carbocycles. The number of nitrogens with zero attached hydrogens (tertiary/aromatic N) is 1. The van der Waals surface area contributed by atoms with E-state index < -0.39 is 0 Å². The molecule has 0 aliphatic carbocycles. The van der Waals surface area contributed by atoms with Crippen LogP contribution in [0.25, 0.3) is 0 Å². The molecule has 0 saturated heterocycles. The maximum atomic E-state index is 11.9. The fraction of sp³-hybridized carbons (Fsp3) is 0.316. The van der Waals surface area contributed by atoms with E-state index in [1.54, 1.807) is 0 Å². The number of carbonyl (C=O) groups is 1. The first-order valence-electron chi connectivity index (χ1n) is 8.24. The average Bonchev–Trinajstić information content (AvgIpc) is 2.63. The second kappa shape index (κ2) is 8.24. The minimum Gasteiger partial charge on any atom is -0.493 e. The molecule has 0 saturated carbocycles. The fourth-order valence-corrected chi connectivity index (χ4v) is 2.66. The highest BCUT2D eigenvalue weighted by Gasteiger charge is 2.16. The summed E-state index contributed by atoms with van der Waals surface area (Å²) in [6, 6.07) is 17.5. The number of rotatable bonds is 7. The first-order valence-corrected chi connectivity index (χ1v) is 8.24. The van der Waals surface area contributed by atoms with Crippen LogP contribution in [-0.2, 0) is 4.79 Å². The summed E-state index contributed by atoms with van der Waals surface area (Å²) in [5.41, 5.74) is 1.09. The molecule has 126 valence electrons. The van der Waals surface area contributed by atoms with Crippen LogP contribution < -0.4 is 19.7 Å². The molecule has 24 heavy (non-hydrogen) atoms. The smallest absolute Gasteiger partial charge is 0.223 e. The zero-order valence-corrected chi connectivity index (χ0v) is 13.6. The monoisotopic (exact) mass is 326 g/mol. The molecule has 2 aromatic rings. The lowest BCUT2D eigenvalue weighted by molar-refractivity contribution is -0.121. The summed E-state index contributed by atoms with van der Waals surface area (Å²) in [7, 11) is 0. The molecule has 0 atom stereocenters. The molecule has 5 heteroatoms. The predicted molar refractivity (Wildman–Crippen MR) is 93.7 cm³/mol. The number of amides is 1. The standard InChI is InChI=1S/C19H22N2O3/c22-19(10-14-23-16-6-2-1-3-7-16)20-11-12-21-13-15-24-18-9-5-4-8-17(18)21/h1-9H,10-15H2,(H,20,22). The molecule has 1 heterocycles. The summed E-state index contributed by atoms with van der Waals surface area (Å²) in [5.74, 6) is 1.70. The van der Waals surface area contributed by atoms with Crippen LogP contribution >= 0.6 is 0 Å². The SMILES string of the molecule is O=C(CCOc1ccccc1)NCCN1CCOc2ccccc21. The van der Waals surface area contributed by atoms with Crippen LogP contribution in [0.5, 0.6) is 11.5 Å². The number of ether oxygens (including phenoxy) is 2. The Balaban J connectivity index is 1.37. The molecule has 0 fully saturated rings. The molecule has 3 rings (SSSR count). The molecule has 0 bridgehead atoms. The van der Waals surface area contributed by atoms with Gasteiger partial charge in [-0.1, -0.05) is 30.3 Å². The van der Waals surface area contributed by atoms with Gasteiger partial charge in [0, 0.05) is 13.1 Å². The minimum atomic E-state index is 0.00692. The van der Waals surface area contributed by atoms with Gasteiger partial charge in [0.25, 0.3) is 0 Å². The summed E-state index contributed by atoms with van der Waals surface area (Å²) in [4.78, 5) is 14.1. The molecule has 1 N–H and O–H groups in total. The third-order valence-electron chi connectivity index (χ3n) is 3.87. The number of carbonyl (C=O) groups excluding carboxylic acids is 1. The Morgan fingerprint density at radius 2 is 1.92 bits per heavy atom. The van der Waals surface area contributed by atoms with Gasteiger partial charge >= 0.3 is 0 Å². The zero-order valence-electron chi connectivity index (χ0n) is 13.6. The van der Waals surface area contributed by atoms with Gasteiger partial charge in [-0.25, -0.2) is 0 Å². The normalized spacial score (nSPS) is 12.9. The van der Waals surface area contributed by atoms with E-state index >= 15 is 0 Å². The highest BCUT2D eigenvalue weighted by atomic mass is 16.5. The van der Waals surface area contributed by atoms with Gasteiger partial charge in [-0.3, -0.25) is 4.79 Å². The van der Waals surface area contributed by atoms with Crippen molar-refractivity contribution in [3.05, 3.63) is 54.6 Å². The molecule has 1 aliphatic rings. The van der Waals surface area contributed by atoms with Crippen molar-refractivity contribution in [2.45, 2.75) is 6.42 Å². The van der Waals surface area contributed by atoms with Crippen molar-refractivity contribution in [1.82, 2.24) is 5.32 Å². The third kappa shape index (κ3) is 4.41. The van der Waals surface area contributed by atoms with Crippen molar-refractivity contribution in [3.63, 3.8) is 0 Å². The van der Waals surface area contributed by atoms with Gasteiger partial charge in [-0.2, -0.15) is 0 Å². The highest BCUT2D eigenvalue weighted by Crippen LogP contribution is 2.30. The van der Waals surface area contributed by atoms with Crippen molar-refractivity contribution in [2.24, 2.45) is 0 Å². The molecule has 0 unspecified atom stereocenters. The summed E-state index contributed by atoms with van der Waals surface area (Å²) in [5, 5.41) is 2.95.